The molecule has 1 aromatic carbocycles. The van der Waals surface area contributed by atoms with Gasteiger partial charge in [-0.25, -0.2) is 9.97 Å². The Kier molecular flexibility index (Phi) is 7.09. The van der Waals surface area contributed by atoms with Crippen LogP contribution in [0.5, 0.6) is 0 Å². The summed E-state index contributed by atoms with van der Waals surface area (Å²) in [6, 6.07) is 9.59. The average molecular weight is 423 g/mol. The van der Waals surface area contributed by atoms with Gasteiger partial charge in [0.15, 0.2) is 0 Å². The van der Waals surface area contributed by atoms with Gasteiger partial charge in [0.25, 0.3) is 0 Å². The van der Waals surface area contributed by atoms with Gasteiger partial charge in [-0.1, -0.05) is 12.1 Å². The van der Waals surface area contributed by atoms with Crippen LogP contribution in [0.4, 0.5) is 11.6 Å². The number of carbonyl (C=O) groups excluding carboxylic acids is 2. The lowest BCUT2D eigenvalue weighted by Crippen LogP contribution is -2.47. The summed E-state index contributed by atoms with van der Waals surface area (Å²) in [6.45, 7) is 6.26. The zero-order valence-electron chi connectivity index (χ0n) is 17.9. The number of nitrogens with one attached hydrogen (secondary N) is 1. The lowest BCUT2D eigenvalue weighted by atomic mass is 10.1. The van der Waals surface area contributed by atoms with Crippen molar-refractivity contribution in [2.75, 3.05) is 55.6 Å². The third kappa shape index (κ3) is 5.79. The number of benzene rings is 1. The Morgan fingerprint density at radius 3 is 2.42 bits per heavy atom. The number of anilines is 2. The van der Waals surface area contributed by atoms with Crippen molar-refractivity contribution < 1.29 is 9.59 Å². The number of hydrogen-bond donors (Lipinski definition) is 1. The number of hydrogen-bond acceptors (Lipinski definition) is 6. The Balaban J connectivity index is 1.12. The number of nitrogens with zero attached hydrogens (tertiary/aromatic N) is 5. The number of amides is 2. The Morgan fingerprint density at radius 1 is 1.00 bits per heavy atom. The fraction of sp³-hybridized carbons (Fsp3) is 0.478. The van der Waals surface area contributed by atoms with Gasteiger partial charge in [-0.2, -0.15) is 0 Å². The fourth-order valence-electron chi connectivity index (χ4n) is 4.12. The van der Waals surface area contributed by atoms with Crippen molar-refractivity contribution in [3.05, 3.63) is 48.3 Å². The minimum absolute atomic E-state index is 0.0380. The van der Waals surface area contributed by atoms with E-state index in [1.807, 2.05) is 35.2 Å². The van der Waals surface area contributed by atoms with Crippen LogP contribution in [0.15, 0.2) is 42.7 Å². The van der Waals surface area contributed by atoms with Crippen LogP contribution in [-0.4, -0.2) is 72.5 Å². The van der Waals surface area contributed by atoms with Gasteiger partial charge in [0.05, 0.1) is 6.42 Å². The minimum atomic E-state index is 0.0380. The highest BCUT2D eigenvalue weighted by Gasteiger charge is 2.21. The second-order valence-corrected chi connectivity index (χ2v) is 8.07. The van der Waals surface area contributed by atoms with Gasteiger partial charge in [-0.3, -0.25) is 14.5 Å². The van der Waals surface area contributed by atoms with Crippen LogP contribution in [0.1, 0.15) is 24.8 Å². The van der Waals surface area contributed by atoms with Gasteiger partial charge in [-0.15, -0.1) is 0 Å². The SMILES string of the molecule is O=C(Cc1ccc(N2CCCC2=O)cc1)NCCCN1CCN(c2ncccn2)CC1. The predicted octanol–water partition coefficient (Wildman–Crippen LogP) is 1.47. The smallest absolute Gasteiger partial charge is 0.227 e. The van der Waals surface area contributed by atoms with E-state index in [1.54, 1.807) is 12.4 Å². The summed E-state index contributed by atoms with van der Waals surface area (Å²) in [7, 11) is 0. The summed E-state index contributed by atoms with van der Waals surface area (Å²) in [4.78, 5) is 39.2. The van der Waals surface area contributed by atoms with Crippen LogP contribution >= 0.6 is 0 Å². The van der Waals surface area contributed by atoms with Crippen molar-refractivity contribution in [3.63, 3.8) is 0 Å². The molecule has 1 N–H and O–H groups in total. The summed E-state index contributed by atoms with van der Waals surface area (Å²) in [6.07, 6.45) is 6.40. The number of piperazine rings is 1. The predicted molar refractivity (Wildman–Crippen MR) is 120 cm³/mol. The van der Waals surface area contributed by atoms with Gasteiger partial charge in [0.1, 0.15) is 0 Å². The van der Waals surface area contributed by atoms with Gasteiger partial charge in [0, 0.05) is 63.8 Å². The van der Waals surface area contributed by atoms with Crippen LogP contribution in [-0.2, 0) is 16.0 Å². The zero-order valence-corrected chi connectivity index (χ0v) is 17.9. The van der Waals surface area contributed by atoms with Crippen LogP contribution in [0.25, 0.3) is 0 Å². The second kappa shape index (κ2) is 10.3. The molecule has 2 aliphatic rings. The fourth-order valence-corrected chi connectivity index (χ4v) is 4.12. The lowest BCUT2D eigenvalue weighted by molar-refractivity contribution is -0.120. The maximum Gasteiger partial charge on any atom is 0.227 e. The zero-order chi connectivity index (χ0) is 21.5. The summed E-state index contributed by atoms with van der Waals surface area (Å²) in [5.41, 5.74) is 1.89. The summed E-state index contributed by atoms with van der Waals surface area (Å²) >= 11 is 0. The van der Waals surface area contributed by atoms with Crippen LogP contribution in [0.3, 0.4) is 0 Å². The number of aromatic nitrogens is 2. The summed E-state index contributed by atoms with van der Waals surface area (Å²) < 4.78 is 0. The number of carbonyl (C=O) groups is 2. The van der Waals surface area contributed by atoms with Crippen molar-refractivity contribution in [2.45, 2.75) is 25.7 Å². The Hall–Kier alpha value is -3.00. The highest BCUT2D eigenvalue weighted by molar-refractivity contribution is 5.95. The van der Waals surface area contributed by atoms with E-state index in [9.17, 15) is 9.59 Å². The molecule has 0 radical (unpaired) electrons. The Bertz CT molecular complexity index is 865. The molecule has 0 aliphatic carbocycles. The van der Waals surface area contributed by atoms with E-state index in [4.69, 9.17) is 0 Å². The molecule has 3 heterocycles. The molecule has 1 aromatic heterocycles. The highest BCUT2D eigenvalue weighted by atomic mass is 16.2. The first-order valence-corrected chi connectivity index (χ1v) is 11.1. The maximum atomic E-state index is 12.2. The molecule has 2 fully saturated rings. The molecule has 2 aromatic rings. The van der Waals surface area contributed by atoms with E-state index in [1.165, 1.54) is 0 Å². The van der Waals surface area contributed by atoms with Gasteiger partial charge < -0.3 is 15.1 Å². The third-order valence-corrected chi connectivity index (χ3v) is 5.87. The standard InChI is InChI=1S/C23H30N6O2/c30-21(18-19-5-7-20(8-6-19)29-13-1-4-22(29)31)24-11-3-12-27-14-16-28(17-15-27)23-25-9-2-10-26-23/h2,5-10H,1,3-4,11-18H2,(H,24,30). The summed E-state index contributed by atoms with van der Waals surface area (Å²) in [5.74, 6) is 1.02. The third-order valence-electron chi connectivity index (χ3n) is 5.87. The quantitative estimate of drug-likeness (QED) is 0.649. The molecule has 2 amide bonds. The van der Waals surface area contributed by atoms with Gasteiger partial charge >= 0.3 is 0 Å². The van der Waals surface area contributed by atoms with Crippen molar-refractivity contribution in [1.82, 2.24) is 20.2 Å². The van der Waals surface area contributed by atoms with Crippen molar-refractivity contribution >= 4 is 23.5 Å². The molecule has 164 valence electrons. The normalized spacial score (nSPS) is 17.2. The lowest BCUT2D eigenvalue weighted by Gasteiger charge is -2.34. The first-order valence-electron chi connectivity index (χ1n) is 11.1. The molecule has 0 bridgehead atoms. The van der Waals surface area contributed by atoms with Crippen molar-refractivity contribution in [1.29, 1.82) is 0 Å². The Morgan fingerprint density at radius 2 is 1.74 bits per heavy atom. The monoisotopic (exact) mass is 422 g/mol. The van der Waals surface area contributed by atoms with Crippen LogP contribution in [0.2, 0.25) is 0 Å². The van der Waals surface area contributed by atoms with E-state index in [2.05, 4.69) is 25.1 Å². The maximum absolute atomic E-state index is 12.2. The Labute approximate surface area is 183 Å². The molecule has 0 atom stereocenters. The molecule has 0 saturated carbocycles. The average Bonchev–Trinajstić information content (AvgIpc) is 3.24. The molecule has 2 aliphatic heterocycles. The topological polar surface area (TPSA) is 81.7 Å². The molecule has 8 nitrogen and oxygen atoms in total. The summed E-state index contributed by atoms with van der Waals surface area (Å²) in [5, 5.41) is 3.02. The minimum Gasteiger partial charge on any atom is -0.356 e. The molecule has 0 unspecified atom stereocenters. The highest BCUT2D eigenvalue weighted by Crippen LogP contribution is 2.21. The first-order chi connectivity index (χ1) is 15.2. The van der Waals surface area contributed by atoms with Gasteiger partial charge in [0.2, 0.25) is 17.8 Å². The number of rotatable bonds is 8. The van der Waals surface area contributed by atoms with E-state index in [0.717, 1.165) is 69.3 Å². The first kappa shape index (κ1) is 21.2. The molecule has 0 spiro atoms. The van der Waals surface area contributed by atoms with E-state index < -0.39 is 0 Å². The van der Waals surface area contributed by atoms with Crippen LogP contribution in [0, 0.1) is 0 Å². The van der Waals surface area contributed by atoms with Crippen molar-refractivity contribution in [2.24, 2.45) is 0 Å². The molecule has 4 rings (SSSR count). The van der Waals surface area contributed by atoms with Gasteiger partial charge in [-0.05, 0) is 43.1 Å². The van der Waals surface area contributed by atoms with E-state index >= 15 is 0 Å². The molecule has 2 saturated heterocycles. The largest absolute Gasteiger partial charge is 0.356 e. The van der Waals surface area contributed by atoms with E-state index in [0.29, 0.717) is 19.4 Å². The molecule has 8 heteroatoms. The molecular formula is C23H30N6O2. The molecular weight excluding hydrogens is 392 g/mol. The van der Waals surface area contributed by atoms with Crippen molar-refractivity contribution in [3.8, 4) is 0 Å². The van der Waals surface area contributed by atoms with E-state index in [-0.39, 0.29) is 11.8 Å². The van der Waals surface area contributed by atoms with Crippen LogP contribution < -0.4 is 15.1 Å². The molecule has 31 heavy (non-hydrogen) atoms. The second-order valence-electron chi connectivity index (χ2n) is 8.07.